The molecule has 142 valence electrons. The fourth-order valence-corrected chi connectivity index (χ4v) is 3.23. The van der Waals surface area contributed by atoms with Crippen molar-refractivity contribution in [2.24, 2.45) is 0 Å². The van der Waals surface area contributed by atoms with Crippen LogP contribution in [0.1, 0.15) is 46.5 Å². The molecule has 0 spiro atoms. The molecule has 0 radical (unpaired) electrons. The third-order valence-corrected chi connectivity index (χ3v) is 4.48. The van der Waals surface area contributed by atoms with Crippen LogP contribution < -0.4 is 10.6 Å². The lowest BCUT2D eigenvalue weighted by Crippen LogP contribution is -2.43. The quantitative estimate of drug-likeness (QED) is 0.876. The standard InChI is InChI=1S/C18H29N7O/c1-18(2,3)23-17(26)22-15-14-12-21-25(16(14)20-13-19-15)11-10-24-8-6-4-5-7-9-24/h12-13H,4-11H2,1-3H3,(H2,19,20,22,23,26). The maximum atomic E-state index is 12.1. The molecule has 2 aromatic rings. The number of carbonyl (C=O) groups excluding carboxylic acids is 1. The highest BCUT2D eigenvalue weighted by Gasteiger charge is 2.17. The molecule has 1 fully saturated rings. The molecule has 1 saturated heterocycles. The Morgan fingerprint density at radius 3 is 2.54 bits per heavy atom. The summed E-state index contributed by atoms with van der Waals surface area (Å²) in [5, 5.41) is 10.9. The van der Waals surface area contributed by atoms with Gasteiger partial charge in [-0.25, -0.2) is 19.4 Å². The average molecular weight is 359 g/mol. The molecule has 1 aliphatic heterocycles. The number of hydrogen-bond acceptors (Lipinski definition) is 5. The third kappa shape index (κ3) is 4.91. The van der Waals surface area contributed by atoms with Crippen molar-refractivity contribution < 1.29 is 4.79 Å². The van der Waals surface area contributed by atoms with Crippen LogP contribution in [0.15, 0.2) is 12.5 Å². The van der Waals surface area contributed by atoms with Crippen LogP contribution >= 0.6 is 0 Å². The summed E-state index contributed by atoms with van der Waals surface area (Å²) in [6, 6.07) is -0.283. The first-order valence-corrected chi connectivity index (χ1v) is 9.40. The number of anilines is 1. The molecule has 3 heterocycles. The summed E-state index contributed by atoms with van der Waals surface area (Å²) < 4.78 is 1.90. The zero-order valence-corrected chi connectivity index (χ0v) is 16.0. The Kier molecular flexibility index (Phi) is 5.70. The summed E-state index contributed by atoms with van der Waals surface area (Å²) >= 11 is 0. The van der Waals surface area contributed by atoms with E-state index in [4.69, 9.17) is 0 Å². The largest absolute Gasteiger partial charge is 0.333 e. The van der Waals surface area contributed by atoms with Crippen LogP contribution in [0.4, 0.5) is 10.6 Å². The van der Waals surface area contributed by atoms with Crippen molar-refractivity contribution in [1.82, 2.24) is 30.0 Å². The Bertz CT molecular complexity index is 742. The van der Waals surface area contributed by atoms with Gasteiger partial charge in [0.2, 0.25) is 0 Å². The monoisotopic (exact) mass is 359 g/mol. The molecule has 26 heavy (non-hydrogen) atoms. The fraction of sp³-hybridized carbons (Fsp3) is 0.667. The lowest BCUT2D eigenvalue weighted by molar-refractivity contribution is 0.243. The minimum absolute atomic E-state index is 0.283. The molecular formula is C18H29N7O. The lowest BCUT2D eigenvalue weighted by Gasteiger charge is -2.20. The van der Waals surface area contributed by atoms with Crippen molar-refractivity contribution in [2.75, 3.05) is 25.0 Å². The van der Waals surface area contributed by atoms with Crippen molar-refractivity contribution in [1.29, 1.82) is 0 Å². The first-order valence-electron chi connectivity index (χ1n) is 9.40. The number of aromatic nitrogens is 4. The van der Waals surface area contributed by atoms with Crippen LogP contribution in [0.3, 0.4) is 0 Å². The van der Waals surface area contributed by atoms with E-state index in [0.717, 1.165) is 37.2 Å². The van der Waals surface area contributed by atoms with Gasteiger partial charge in [-0.05, 0) is 46.7 Å². The minimum Gasteiger partial charge on any atom is -0.333 e. The van der Waals surface area contributed by atoms with Gasteiger partial charge >= 0.3 is 6.03 Å². The van der Waals surface area contributed by atoms with Crippen molar-refractivity contribution in [2.45, 2.75) is 58.5 Å². The van der Waals surface area contributed by atoms with Gasteiger partial charge in [0, 0.05) is 12.1 Å². The number of amides is 2. The molecule has 1 aliphatic rings. The highest BCUT2D eigenvalue weighted by molar-refractivity contribution is 5.97. The molecular weight excluding hydrogens is 330 g/mol. The molecule has 0 atom stereocenters. The summed E-state index contributed by atoms with van der Waals surface area (Å²) in [6.07, 6.45) is 8.42. The number of nitrogens with zero attached hydrogens (tertiary/aromatic N) is 5. The predicted octanol–water partition coefficient (Wildman–Crippen LogP) is 2.62. The van der Waals surface area contributed by atoms with E-state index in [1.165, 1.54) is 32.0 Å². The Balaban J connectivity index is 1.68. The topological polar surface area (TPSA) is 88.0 Å². The van der Waals surface area contributed by atoms with Gasteiger partial charge in [0.25, 0.3) is 0 Å². The molecule has 2 N–H and O–H groups in total. The van der Waals surface area contributed by atoms with E-state index in [2.05, 4.69) is 30.6 Å². The molecule has 0 saturated carbocycles. The molecule has 0 bridgehead atoms. The Morgan fingerprint density at radius 1 is 1.12 bits per heavy atom. The van der Waals surface area contributed by atoms with Gasteiger partial charge in [0.1, 0.15) is 12.1 Å². The van der Waals surface area contributed by atoms with Gasteiger partial charge in [-0.1, -0.05) is 12.8 Å². The van der Waals surface area contributed by atoms with Gasteiger partial charge in [-0.2, -0.15) is 5.10 Å². The third-order valence-electron chi connectivity index (χ3n) is 4.48. The summed E-state index contributed by atoms with van der Waals surface area (Å²) in [4.78, 5) is 23.2. The first kappa shape index (κ1) is 18.6. The van der Waals surface area contributed by atoms with E-state index in [-0.39, 0.29) is 11.6 Å². The number of rotatable bonds is 4. The van der Waals surface area contributed by atoms with E-state index in [1.54, 1.807) is 6.20 Å². The average Bonchev–Trinajstić information content (AvgIpc) is 2.80. The van der Waals surface area contributed by atoms with Crippen LogP contribution in [0.2, 0.25) is 0 Å². The normalized spacial score (nSPS) is 16.4. The Morgan fingerprint density at radius 2 is 1.85 bits per heavy atom. The summed E-state index contributed by atoms with van der Waals surface area (Å²) in [6.45, 7) is 9.87. The van der Waals surface area contributed by atoms with Crippen LogP contribution in [0.25, 0.3) is 11.0 Å². The number of nitrogens with one attached hydrogen (secondary N) is 2. The SMILES string of the molecule is CC(C)(C)NC(=O)Nc1ncnc2c1cnn2CCN1CCCCCC1. The summed E-state index contributed by atoms with van der Waals surface area (Å²) in [5.41, 5.74) is 0.439. The van der Waals surface area contributed by atoms with Gasteiger partial charge < -0.3 is 10.2 Å². The van der Waals surface area contributed by atoms with Gasteiger partial charge in [-0.3, -0.25) is 5.32 Å². The predicted molar refractivity (Wildman–Crippen MR) is 102 cm³/mol. The highest BCUT2D eigenvalue weighted by Crippen LogP contribution is 2.19. The molecule has 0 aliphatic carbocycles. The first-order chi connectivity index (χ1) is 12.4. The van der Waals surface area contributed by atoms with Crippen molar-refractivity contribution in [3.05, 3.63) is 12.5 Å². The van der Waals surface area contributed by atoms with Crippen LogP contribution in [-0.2, 0) is 6.54 Å². The van der Waals surface area contributed by atoms with Crippen LogP contribution in [0.5, 0.6) is 0 Å². The maximum absolute atomic E-state index is 12.1. The van der Waals surface area contributed by atoms with E-state index >= 15 is 0 Å². The van der Waals surface area contributed by atoms with Crippen molar-refractivity contribution in [3.63, 3.8) is 0 Å². The molecule has 0 unspecified atom stereocenters. The maximum Gasteiger partial charge on any atom is 0.320 e. The molecule has 8 nitrogen and oxygen atoms in total. The number of carbonyl (C=O) groups is 1. The van der Waals surface area contributed by atoms with Gasteiger partial charge in [0.05, 0.1) is 18.1 Å². The number of fused-ring (bicyclic) bond motifs is 1. The zero-order chi connectivity index (χ0) is 18.6. The summed E-state index contributed by atoms with van der Waals surface area (Å²) in [7, 11) is 0. The fourth-order valence-electron chi connectivity index (χ4n) is 3.23. The Labute approximate surface area is 154 Å². The molecule has 2 amide bonds. The zero-order valence-electron chi connectivity index (χ0n) is 16.0. The smallest absolute Gasteiger partial charge is 0.320 e. The van der Waals surface area contributed by atoms with Gasteiger partial charge in [0.15, 0.2) is 5.65 Å². The minimum atomic E-state index is -0.312. The van der Waals surface area contributed by atoms with E-state index in [1.807, 2.05) is 25.5 Å². The van der Waals surface area contributed by atoms with E-state index in [9.17, 15) is 4.79 Å². The summed E-state index contributed by atoms with van der Waals surface area (Å²) in [5.74, 6) is 0.484. The van der Waals surface area contributed by atoms with E-state index in [0.29, 0.717) is 5.82 Å². The van der Waals surface area contributed by atoms with Crippen LogP contribution in [-0.4, -0.2) is 55.9 Å². The highest BCUT2D eigenvalue weighted by atomic mass is 16.2. The lowest BCUT2D eigenvalue weighted by atomic mass is 10.1. The van der Waals surface area contributed by atoms with Crippen molar-refractivity contribution >= 4 is 22.9 Å². The van der Waals surface area contributed by atoms with Gasteiger partial charge in [-0.15, -0.1) is 0 Å². The molecule has 0 aromatic carbocycles. The second kappa shape index (κ2) is 7.99. The second-order valence-electron chi connectivity index (χ2n) is 7.91. The van der Waals surface area contributed by atoms with Crippen molar-refractivity contribution in [3.8, 4) is 0 Å². The number of likely N-dealkylation sites (tertiary alicyclic amines) is 1. The molecule has 2 aromatic heterocycles. The molecule has 8 heteroatoms. The number of urea groups is 1. The Hall–Kier alpha value is -2.22. The van der Waals surface area contributed by atoms with E-state index < -0.39 is 0 Å². The molecule has 3 rings (SSSR count). The second-order valence-corrected chi connectivity index (χ2v) is 7.91. The van der Waals surface area contributed by atoms with Crippen LogP contribution in [0, 0.1) is 0 Å². The number of hydrogen-bond donors (Lipinski definition) is 2.